The topological polar surface area (TPSA) is 173 Å². The van der Waals surface area contributed by atoms with Gasteiger partial charge in [-0.3, -0.25) is 14.4 Å². The van der Waals surface area contributed by atoms with Gasteiger partial charge in [-0.15, -0.1) is 0 Å². The number of unbranched alkanes of at least 4 members (excludes halogenated alkanes) is 5. The van der Waals surface area contributed by atoms with Crippen LogP contribution >= 0.6 is 0 Å². The molecule has 49 heavy (non-hydrogen) atoms. The van der Waals surface area contributed by atoms with Gasteiger partial charge >= 0.3 is 17.9 Å². The highest BCUT2D eigenvalue weighted by molar-refractivity contribution is 5.70. The molecule has 0 aromatic carbocycles. The summed E-state index contributed by atoms with van der Waals surface area (Å²) >= 11 is 0. The number of hydrogen-bond acceptors (Lipinski definition) is 14. The fourth-order valence-corrected chi connectivity index (χ4v) is 3.85. The molecule has 15 heteroatoms. The minimum Gasteiger partial charge on any atom is -0.481 e. The Balaban J connectivity index is 3.13. The standard InChI is InChI=1S/C34H64O15/c1-2-3-4-5-6-10-33(37)48-30-28-46-26-24-44-22-20-42-18-16-40-14-12-39-13-15-41-17-19-43-21-23-45-25-27-47-29-31-49-34(38)11-8-7-9-32(35)36/h2-31H2,1H3,(H,35,36). The minimum atomic E-state index is -0.865. The molecule has 0 rings (SSSR count). The maximum Gasteiger partial charge on any atom is 0.305 e. The highest BCUT2D eigenvalue weighted by atomic mass is 16.6. The van der Waals surface area contributed by atoms with Crippen molar-refractivity contribution in [1.82, 2.24) is 0 Å². The van der Waals surface area contributed by atoms with Crippen LogP contribution in [0, 0.1) is 0 Å². The molecule has 0 atom stereocenters. The lowest BCUT2D eigenvalue weighted by Gasteiger charge is -2.09. The molecule has 0 saturated carbocycles. The zero-order valence-corrected chi connectivity index (χ0v) is 29.9. The highest BCUT2D eigenvalue weighted by Gasteiger charge is 2.05. The van der Waals surface area contributed by atoms with Gasteiger partial charge in [0.25, 0.3) is 0 Å². The second-order valence-corrected chi connectivity index (χ2v) is 10.7. The summed E-state index contributed by atoms with van der Waals surface area (Å²) in [6, 6.07) is 0. The summed E-state index contributed by atoms with van der Waals surface area (Å²) in [7, 11) is 0. The minimum absolute atomic E-state index is 0.0580. The van der Waals surface area contributed by atoms with Gasteiger partial charge in [-0.2, -0.15) is 0 Å². The second-order valence-electron chi connectivity index (χ2n) is 10.7. The monoisotopic (exact) mass is 712 g/mol. The van der Waals surface area contributed by atoms with Crippen molar-refractivity contribution in [2.75, 3.05) is 132 Å². The van der Waals surface area contributed by atoms with Gasteiger partial charge in [0.2, 0.25) is 0 Å². The van der Waals surface area contributed by atoms with E-state index in [2.05, 4.69) is 6.92 Å². The van der Waals surface area contributed by atoms with Crippen LogP contribution in [-0.4, -0.2) is 155 Å². The van der Waals surface area contributed by atoms with E-state index in [4.69, 9.17) is 57.2 Å². The molecule has 0 fully saturated rings. The molecule has 0 radical (unpaired) electrons. The second kappa shape index (κ2) is 40.5. The lowest BCUT2D eigenvalue weighted by atomic mass is 10.1. The molecule has 0 unspecified atom stereocenters. The molecule has 0 aliphatic carbocycles. The van der Waals surface area contributed by atoms with E-state index in [9.17, 15) is 14.4 Å². The summed E-state index contributed by atoms with van der Waals surface area (Å²) in [4.78, 5) is 33.5. The van der Waals surface area contributed by atoms with E-state index in [0.717, 1.165) is 12.8 Å². The van der Waals surface area contributed by atoms with Crippen molar-refractivity contribution in [3.63, 3.8) is 0 Å². The lowest BCUT2D eigenvalue weighted by molar-refractivity contribution is -0.146. The third kappa shape index (κ3) is 42.1. The van der Waals surface area contributed by atoms with Gasteiger partial charge < -0.3 is 57.2 Å². The van der Waals surface area contributed by atoms with E-state index < -0.39 is 5.97 Å². The number of carboxylic acids is 1. The number of aliphatic carboxylic acids is 1. The van der Waals surface area contributed by atoms with Crippen LogP contribution in [0.2, 0.25) is 0 Å². The molecule has 0 saturated heterocycles. The van der Waals surface area contributed by atoms with Crippen LogP contribution in [0.15, 0.2) is 0 Å². The first kappa shape index (κ1) is 47.0. The van der Waals surface area contributed by atoms with E-state index in [1.54, 1.807) is 0 Å². The first-order chi connectivity index (χ1) is 24.1. The van der Waals surface area contributed by atoms with Crippen molar-refractivity contribution >= 4 is 17.9 Å². The third-order valence-electron chi connectivity index (χ3n) is 6.46. The zero-order valence-electron chi connectivity index (χ0n) is 29.9. The Labute approximate surface area is 292 Å². The Hall–Kier alpha value is -1.95. The van der Waals surface area contributed by atoms with Crippen LogP contribution in [0.3, 0.4) is 0 Å². The molecule has 0 aromatic heterocycles. The van der Waals surface area contributed by atoms with Crippen LogP contribution in [0.25, 0.3) is 0 Å². The Kier molecular flexibility index (Phi) is 38.9. The molecule has 0 aromatic rings. The molecular weight excluding hydrogens is 648 g/mol. The predicted molar refractivity (Wildman–Crippen MR) is 179 cm³/mol. The number of carboxylic acid groups (broad SMARTS) is 1. The highest BCUT2D eigenvalue weighted by Crippen LogP contribution is 2.05. The van der Waals surface area contributed by atoms with Gasteiger partial charge in [-0.05, 0) is 19.3 Å². The van der Waals surface area contributed by atoms with Gasteiger partial charge in [0.15, 0.2) is 0 Å². The fraction of sp³-hybridized carbons (Fsp3) is 0.912. The summed E-state index contributed by atoms with van der Waals surface area (Å²) in [5.74, 6) is -1.37. The summed E-state index contributed by atoms with van der Waals surface area (Å²) < 4.78 is 59.0. The largest absolute Gasteiger partial charge is 0.481 e. The molecule has 0 aliphatic heterocycles. The number of esters is 2. The Morgan fingerprint density at radius 1 is 0.347 bits per heavy atom. The van der Waals surface area contributed by atoms with Crippen molar-refractivity contribution in [1.29, 1.82) is 0 Å². The van der Waals surface area contributed by atoms with Gasteiger partial charge in [-0.25, -0.2) is 0 Å². The van der Waals surface area contributed by atoms with E-state index in [1.807, 2.05) is 0 Å². The van der Waals surface area contributed by atoms with Gasteiger partial charge in [0.1, 0.15) is 13.2 Å². The Morgan fingerprint density at radius 3 is 0.878 bits per heavy atom. The molecular formula is C34H64O15. The average Bonchev–Trinajstić information content (AvgIpc) is 3.09. The number of ether oxygens (including phenoxy) is 11. The van der Waals surface area contributed by atoms with Crippen LogP contribution in [0.4, 0.5) is 0 Å². The SMILES string of the molecule is CCCCCCCC(=O)OCCOCCOCCOCCOCCOCCOCCOCCOCCOCCOC(=O)CCCCC(=O)O. The summed E-state index contributed by atoms with van der Waals surface area (Å²) in [6.07, 6.45) is 7.26. The third-order valence-corrected chi connectivity index (χ3v) is 6.46. The van der Waals surface area contributed by atoms with Gasteiger partial charge in [-0.1, -0.05) is 32.6 Å². The maximum atomic E-state index is 11.6. The number of rotatable bonds is 41. The summed E-state index contributed by atoms with van der Waals surface area (Å²) in [5.41, 5.74) is 0. The predicted octanol–water partition coefficient (Wildman–Crippen LogP) is 3.23. The molecule has 0 spiro atoms. The fourth-order valence-electron chi connectivity index (χ4n) is 3.85. The van der Waals surface area contributed by atoms with Gasteiger partial charge in [0.05, 0.1) is 119 Å². The molecule has 0 amide bonds. The van der Waals surface area contributed by atoms with Crippen LogP contribution in [0.1, 0.15) is 71.1 Å². The number of carbonyl (C=O) groups excluding carboxylic acids is 2. The van der Waals surface area contributed by atoms with E-state index in [-0.39, 0.29) is 44.6 Å². The molecule has 0 aliphatic rings. The van der Waals surface area contributed by atoms with Crippen LogP contribution in [0.5, 0.6) is 0 Å². The Bertz CT molecular complexity index is 726. The molecule has 0 heterocycles. The summed E-state index contributed by atoms with van der Waals surface area (Å²) in [5, 5.41) is 8.55. The van der Waals surface area contributed by atoms with Crippen molar-refractivity contribution in [3.05, 3.63) is 0 Å². The zero-order chi connectivity index (χ0) is 35.7. The summed E-state index contributed by atoms with van der Waals surface area (Å²) in [6.45, 7) is 10.6. The van der Waals surface area contributed by atoms with Crippen molar-refractivity contribution in [2.45, 2.75) is 71.1 Å². The number of hydrogen-bond donors (Lipinski definition) is 1. The average molecular weight is 713 g/mol. The smallest absolute Gasteiger partial charge is 0.305 e. The van der Waals surface area contributed by atoms with Gasteiger partial charge in [0, 0.05) is 19.3 Å². The molecule has 0 bridgehead atoms. The molecule has 15 nitrogen and oxygen atoms in total. The maximum absolute atomic E-state index is 11.6. The van der Waals surface area contributed by atoms with E-state index in [1.165, 1.54) is 19.3 Å². The lowest BCUT2D eigenvalue weighted by Crippen LogP contribution is -2.16. The molecule has 290 valence electrons. The number of carbonyl (C=O) groups is 3. The normalized spacial score (nSPS) is 11.2. The first-order valence-electron chi connectivity index (χ1n) is 17.8. The van der Waals surface area contributed by atoms with E-state index in [0.29, 0.717) is 132 Å². The van der Waals surface area contributed by atoms with Crippen molar-refractivity contribution in [3.8, 4) is 0 Å². The molecule has 1 N–H and O–H groups in total. The quantitative estimate of drug-likeness (QED) is 0.0723. The van der Waals surface area contributed by atoms with Crippen molar-refractivity contribution in [2.24, 2.45) is 0 Å². The Morgan fingerprint density at radius 2 is 0.592 bits per heavy atom. The van der Waals surface area contributed by atoms with Crippen LogP contribution < -0.4 is 0 Å². The van der Waals surface area contributed by atoms with Crippen molar-refractivity contribution < 1.29 is 71.6 Å². The van der Waals surface area contributed by atoms with Crippen LogP contribution in [-0.2, 0) is 66.5 Å². The van der Waals surface area contributed by atoms with E-state index >= 15 is 0 Å². The first-order valence-corrected chi connectivity index (χ1v) is 17.8.